The van der Waals surface area contributed by atoms with Gasteiger partial charge in [0.05, 0.1) is 13.1 Å². The van der Waals surface area contributed by atoms with Crippen LogP contribution in [0.2, 0.25) is 0 Å². The van der Waals surface area contributed by atoms with Crippen molar-refractivity contribution in [3.05, 3.63) is 9.81 Å². The quantitative estimate of drug-likeness (QED) is 0.397. The van der Waals surface area contributed by atoms with Crippen LogP contribution in [0.15, 0.2) is 10.4 Å². The van der Waals surface area contributed by atoms with Gasteiger partial charge in [-0.2, -0.15) is 9.81 Å². The molecule has 0 aromatic heterocycles. The summed E-state index contributed by atoms with van der Waals surface area (Å²) in [5.41, 5.74) is 0. The molecule has 0 atom stereocenters. The fourth-order valence-electron chi connectivity index (χ4n) is 0.564. The van der Waals surface area contributed by atoms with E-state index in [4.69, 9.17) is 4.74 Å². The van der Waals surface area contributed by atoms with Gasteiger partial charge in [-0.3, -0.25) is 0 Å². The van der Waals surface area contributed by atoms with Crippen LogP contribution in [-0.2, 0) is 4.74 Å². The normalized spacial score (nSPS) is 9.45. The Bertz CT molecular complexity index is 96.0. The molecule has 0 unspecified atom stereocenters. The number of nitroso groups, excluding NO2 is 2. The van der Waals surface area contributed by atoms with Gasteiger partial charge in [0.1, 0.15) is 0 Å². The summed E-state index contributed by atoms with van der Waals surface area (Å²) in [5.74, 6) is 0. The van der Waals surface area contributed by atoms with Crippen molar-refractivity contribution in [2.45, 2.75) is 12.8 Å². The Labute approximate surface area is 65.1 Å². The average molecular weight is 160 g/mol. The SMILES string of the molecule is O=NCCCOCCCN=O. The number of nitrogens with zero attached hydrogens (tertiary/aromatic N) is 2. The van der Waals surface area contributed by atoms with Crippen molar-refractivity contribution in [1.29, 1.82) is 0 Å². The first-order valence-corrected chi connectivity index (χ1v) is 3.57. The zero-order valence-electron chi connectivity index (χ0n) is 6.36. The maximum Gasteiger partial charge on any atom is 0.0833 e. The van der Waals surface area contributed by atoms with E-state index in [2.05, 4.69) is 10.4 Å². The molecule has 0 heterocycles. The van der Waals surface area contributed by atoms with Crippen molar-refractivity contribution < 1.29 is 4.74 Å². The second kappa shape index (κ2) is 9.16. The summed E-state index contributed by atoms with van der Waals surface area (Å²) in [4.78, 5) is 19.2. The molecule has 0 N–H and O–H groups in total. The minimum atomic E-state index is 0.298. The maximum atomic E-state index is 9.58. The first-order valence-electron chi connectivity index (χ1n) is 3.57. The molecule has 0 spiro atoms. The molecule has 0 aliphatic carbocycles. The van der Waals surface area contributed by atoms with Gasteiger partial charge in [-0.05, 0) is 12.8 Å². The van der Waals surface area contributed by atoms with E-state index >= 15 is 0 Å². The predicted molar refractivity (Wildman–Crippen MR) is 41.4 cm³/mol. The molecule has 5 heteroatoms. The highest BCUT2D eigenvalue weighted by molar-refractivity contribution is 4.43. The van der Waals surface area contributed by atoms with Gasteiger partial charge in [-0.25, -0.2) is 0 Å². The Morgan fingerprint density at radius 2 is 1.36 bits per heavy atom. The smallest absolute Gasteiger partial charge is 0.0833 e. The minimum absolute atomic E-state index is 0.298. The zero-order valence-corrected chi connectivity index (χ0v) is 6.36. The first-order chi connectivity index (χ1) is 5.41. The van der Waals surface area contributed by atoms with Crippen molar-refractivity contribution in [1.82, 2.24) is 0 Å². The molecule has 5 nitrogen and oxygen atoms in total. The summed E-state index contributed by atoms with van der Waals surface area (Å²) >= 11 is 0. The third-order valence-corrected chi connectivity index (χ3v) is 1.08. The second-order valence-electron chi connectivity index (χ2n) is 2.02. The van der Waals surface area contributed by atoms with Crippen LogP contribution in [0.5, 0.6) is 0 Å². The third-order valence-electron chi connectivity index (χ3n) is 1.08. The van der Waals surface area contributed by atoms with E-state index in [0.717, 1.165) is 0 Å². The summed E-state index contributed by atoms with van der Waals surface area (Å²) in [6.45, 7) is 1.66. The molecule has 0 bridgehead atoms. The van der Waals surface area contributed by atoms with Crippen LogP contribution in [-0.4, -0.2) is 26.3 Å². The Morgan fingerprint density at radius 1 is 0.909 bits per heavy atom. The van der Waals surface area contributed by atoms with Gasteiger partial charge in [0.25, 0.3) is 0 Å². The highest BCUT2D eigenvalue weighted by Gasteiger charge is 1.89. The molecule has 0 amide bonds. The molecule has 64 valence electrons. The van der Waals surface area contributed by atoms with Gasteiger partial charge in [-0.15, -0.1) is 0 Å². The largest absolute Gasteiger partial charge is 0.381 e. The molecular weight excluding hydrogens is 148 g/mol. The molecule has 11 heavy (non-hydrogen) atoms. The minimum Gasteiger partial charge on any atom is -0.381 e. The Balaban J connectivity index is 2.79. The molecule has 0 rings (SSSR count). The topological polar surface area (TPSA) is 68.1 Å². The van der Waals surface area contributed by atoms with Crippen LogP contribution >= 0.6 is 0 Å². The summed E-state index contributed by atoms with van der Waals surface area (Å²) in [5, 5.41) is 5.34. The summed E-state index contributed by atoms with van der Waals surface area (Å²) in [6, 6.07) is 0. The Hall–Kier alpha value is -0.840. The van der Waals surface area contributed by atoms with Gasteiger partial charge in [0.15, 0.2) is 0 Å². The van der Waals surface area contributed by atoms with Crippen LogP contribution in [0.4, 0.5) is 0 Å². The molecular formula is C6H12N2O3. The molecule has 0 fully saturated rings. The molecule has 0 radical (unpaired) electrons. The van der Waals surface area contributed by atoms with Gasteiger partial charge < -0.3 is 4.74 Å². The van der Waals surface area contributed by atoms with Crippen molar-refractivity contribution >= 4 is 0 Å². The maximum absolute atomic E-state index is 9.58. The third kappa shape index (κ3) is 9.16. The van der Waals surface area contributed by atoms with Crippen LogP contribution in [0.25, 0.3) is 0 Å². The summed E-state index contributed by atoms with van der Waals surface area (Å²) in [7, 11) is 0. The molecule has 0 aliphatic heterocycles. The summed E-state index contributed by atoms with van der Waals surface area (Å²) < 4.78 is 5.04. The van der Waals surface area contributed by atoms with Crippen LogP contribution in [0.1, 0.15) is 12.8 Å². The van der Waals surface area contributed by atoms with Crippen molar-refractivity contribution in [3.8, 4) is 0 Å². The van der Waals surface area contributed by atoms with Crippen molar-refractivity contribution in [2.24, 2.45) is 10.4 Å². The Kier molecular flexibility index (Phi) is 8.46. The molecule has 0 saturated carbocycles. The Morgan fingerprint density at radius 3 is 1.73 bits per heavy atom. The number of hydrogen-bond acceptors (Lipinski definition) is 5. The monoisotopic (exact) mass is 160 g/mol. The molecule has 0 saturated heterocycles. The van der Waals surface area contributed by atoms with E-state index in [1.54, 1.807) is 0 Å². The molecule has 0 aliphatic rings. The lowest BCUT2D eigenvalue weighted by atomic mass is 10.4. The second-order valence-corrected chi connectivity index (χ2v) is 2.02. The predicted octanol–water partition coefficient (Wildman–Crippen LogP) is 1.32. The number of rotatable bonds is 8. The molecule has 0 aromatic carbocycles. The lowest BCUT2D eigenvalue weighted by Crippen LogP contribution is -1.99. The molecule has 0 aromatic rings. The highest BCUT2D eigenvalue weighted by atomic mass is 16.5. The van der Waals surface area contributed by atoms with E-state index in [0.29, 0.717) is 39.1 Å². The highest BCUT2D eigenvalue weighted by Crippen LogP contribution is 1.87. The van der Waals surface area contributed by atoms with E-state index in [9.17, 15) is 9.81 Å². The van der Waals surface area contributed by atoms with Gasteiger partial charge in [0, 0.05) is 13.2 Å². The van der Waals surface area contributed by atoms with Gasteiger partial charge in [-0.1, -0.05) is 10.4 Å². The van der Waals surface area contributed by atoms with E-state index in [-0.39, 0.29) is 0 Å². The van der Waals surface area contributed by atoms with Crippen LogP contribution in [0, 0.1) is 9.81 Å². The summed E-state index contributed by atoms with van der Waals surface area (Å²) in [6.07, 6.45) is 1.30. The van der Waals surface area contributed by atoms with Crippen molar-refractivity contribution in [2.75, 3.05) is 26.3 Å². The van der Waals surface area contributed by atoms with Crippen LogP contribution in [0.3, 0.4) is 0 Å². The average Bonchev–Trinajstić information content (AvgIpc) is 2.03. The van der Waals surface area contributed by atoms with Gasteiger partial charge >= 0.3 is 0 Å². The fraction of sp³-hybridized carbons (Fsp3) is 1.00. The van der Waals surface area contributed by atoms with Gasteiger partial charge in [0.2, 0.25) is 0 Å². The fourth-order valence-corrected chi connectivity index (χ4v) is 0.564. The first kappa shape index (κ1) is 10.2. The van der Waals surface area contributed by atoms with E-state index < -0.39 is 0 Å². The van der Waals surface area contributed by atoms with Crippen molar-refractivity contribution in [3.63, 3.8) is 0 Å². The van der Waals surface area contributed by atoms with E-state index in [1.165, 1.54) is 0 Å². The lowest BCUT2D eigenvalue weighted by Gasteiger charge is -1.98. The zero-order chi connectivity index (χ0) is 8.36. The number of hydrogen-bond donors (Lipinski definition) is 0. The lowest BCUT2D eigenvalue weighted by molar-refractivity contribution is 0.132. The van der Waals surface area contributed by atoms with E-state index in [1.807, 2.05) is 0 Å². The number of ether oxygens (including phenoxy) is 1. The van der Waals surface area contributed by atoms with Crippen LogP contribution < -0.4 is 0 Å². The standard InChI is InChI=1S/C6H12N2O3/c9-7-3-1-5-11-6-2-4-8-10/h1-6H2.